The Balaban J connectivity index is 1.47. The van der Waals surface area contributed by atoms with Gasteiger partial charge in [0.15, 0.2) is 23.0 Å². The molecule has 2 aliphatic rings. The summed E-state index contributed by atoms with van der Waals surface area (Å²) in [4.78, 5) is 21.6. The van der Waals surface area contributed by atoms with Gasteiger partial charge < -0.3 is 18.9 Å². The Morgan fingerprint density at radius 1 is 0.703 bits per heavy atom. The van der Waals surface area contributed by atoms with Gasteiger partial charge in [-0.2, -0.15) is 0 Å². The van der Waals surface area contributed by atoms with Gasteiger partial charge in [0.05, 0.1) is 24.1 Å². The van der Waals surface area contributed by atoms with E-state index >= 15 is 0 Å². The normalized spacial score (nSPS) is 14.5. The van der Waals surface area contributed by atoms with Crippen LogP contribution in [0.15, 0.2) is 60.7 Å². The number of nitrogens with zero attached hydrogens (tertiary/aromatic N) is 2. The predicted octanol–water partition coefficient (Wildman–Crippen LogP) is 6.03. The summed E-state index contributed by atoms with van der Waals surface area (Å²) >= 11 is 0. The third-order valence-electron chi connectivity index (χ3n) is 6.51. The summed E-state index contributed by atoms with van der Waals surface area (Å²) in [5, 5.41) is 25.3. The summed E-state index contributed by atoms with van der Waals surface area (Å²) in [6.07, 6.45) is 7.16. The SMILES string of the molecule is COc1cc2cc([N+](=O)[O-])ccc2c2c1OC1(C=C2)C=Cc2c(c(OC)cc3cc([N+](=O)[O-])ccc23)O1. The number of benzene rings is 4. The Labute approximate surface area is 209 Å². The molecule has 0 amide bonds. The zero-order valence-corrected chi connectivity index (χ0v) is 19.6. The lowest BCUT2D eigenvalue weighted by atomic mass is 9.96. The monoisotopic (exact) mass is 498 g/mol. The molecule has 0 atom stereocenters. The van der Waals surface area contributed by atoms with E-state index in [0.717, 1.165) is 10.8 Å². The maximum atomic E-state index is 11.2. The summed E-state index contributed by atoms with van der Waals surface area (Å²) in [5.41, 5.74) is 1.36. The highest BCUT2D eigenvalue weighted by molar-refractivity contribution is 5.99. The van der Waals surface area contributed by atoms with Gasteiger partial charge in [-0.3, -0.25) is 20.2 Å². The predicted molar refractivity (Wildman–Crippen MR) is 136 cm³/mol. The van der Waals surface area contributed by atoms with Crippen molar-refractivity contribution >= 4 is 45.1 Å². The van der Waals surface area contributed by atoms with Crippen molar-refractivity contribution in [3.63, 3.8) is 0 Å². The largest absolute Gasteiger partial charge is 0.493 e. The fourth-order valence-corrected chi connectivity index (χ4v) is 4.76. The molecule has 2 heterocycles. The van der Waals surface area contributed by atoms with Crippen LogP contribution in [0.4, 0.5) is 11.4 Å². The second-order valence-corrected chi connectivity index (χ2v) is 8.56. The molecule has 0 saturated carbocycles. The Morgan fingerprint density at radius 3 is 1.51 bits per heavy atom. The van der Waals surface area contributed by atoms with E-state index in [2.05, 4.69) is 0 Å². The van der Waals surface area contributed by atoms with Crippen LogP contribution in [0.3, 0.4) is 0 Å². The van der Waals surface area contributed by atoms with E-state index in [9.17, 15) is 20.2 Å². The minimum atomic E-state index is -1.32. The van der Waals surface area contributed by atoms with Gasteiger partial charge in [0.2, 0.25) is 0 Å². The van der Waals surface area contributed by atoms with Crippen molar-refractivity contribution in [1.29, 1.82) is 0 Å². The number of rotatable bonds is 4. The van der Waals surface area contributed by atoms with E-state index in [0.29, 0.717) is 44.9 Å². The van der Waals surface area contributed by atoms with Crippen molar-refractivity contribution in [1.82, 2.24) is 0 Å². The maximum absolute atomic E-state index is 11.2. The molecule has 0 fully saturated rings. The van der Waals surface area contributed by atoms with Gasteiger partial charge in [-0.1, -0.05) is 0 Å². The van der Waals surface area contributed by atoms with Crippen LogP contribution in [0, 0.1) is 20.2 Å². The molecule has 10 heteroatoms. The van der Waals surface area contributed by atoms with Crippen LogP contribution in [0.1, 0.15) is 11.1 Å². The number of nitro groups is 2. The lowest BCUT2D eigenvalue weighted by Gasteiger charge is -2.36. The van der Waals surface area contributed by atoms with E-state index in [4.69, 9.17) is 18.9 Å². The quantitative estimate of drug-likeness (QED) is 0.247. The molecule has 10 nitrogen and oxygen atoms in total. The van der Waals surface area contributed by atoms with Crippen LogP contribution in [-0.4, -0.2) is 29.9 Å². The lowest BCUT2D eigenvalue weighted by Crippen LogP contribution is -2.41. The van der Waals surface area contributed by atoms with Crippen LogP contribution < -0.4 is 18.9 Å². The topological polar surface area (TPSA) is 123 Å². The van der Waals surface area contributed by atoms with Gasteiger partial charge in [0.25, 0.3) is 17.2 Å². The fourth-order valence-electron chi connectivity index (χ4n) is 4.76. The number of hydrogen-bond donors (Lipinski definition) is 0. The van der Waals surface area contributed by atoms with Gasteiger partial charge >= 0.3 is 0 Å². The summed E-state index contributed by atoms with van der Waals surface area (Å²) in [6, 6.07) is 12.6. The molecule has 184 valence electrons. The molecule has 4 aromatic rings. The minimum Gasteiger partial charge on any atom is -0.493 e. The molecule has 37 heavy (non-hydrogen) atoms. The van der Waals surface area contributed by atoms with Crippen LogP contribution in [-0.2, 0) is 0 Å². The summed E-state index contributed by atoms with van der Waals surface area (Å²) < 4.78 is 23.9. The summed E-state index contributed by atoms with van der Waals surface area (Å²) in [5.74, 6) is 0.327. The first kappa shape index (κ1) is 22.4. The number of non-ortho nitro benzene ring substituents is 2. The highest BCUT2D eigenvalue weighted by atomic mass is 16.7. The molecular formula is C27H18N2O8. The van der Waals surface area contributed by atoms with Crippen LogP contribution >= 0.6 is 0 Å². The first-order valence-corrected chi connectivity index (χ1v) is 11.2. The summed E-state index contributed by atoms with van der Waals surface area (Å²) in [7, 11) is 2.99. The van der Waals surface area contributed by atoms with E-state index in [1.54, 1.807) is 36.4 Å². The molecular weight excluding hydrogens is 480 g/mol. The molecule has 0 unspecified atom stereocenters. The van der Waals surface area contributed by atoms with E-state index < -0.39 is 15.6 Å². The molecule has 2 aliphatic heterocycles. The zero-order valence-electron chi connectivity index (χ0n) is 19.6. The third-order valence-corrected chi connectivity index (χ3v) is 6.51. The second kappa shape index (κ2) is 7.95. The Kier molecular flexibility index (Phi) is 4.80. The van der Waals surface area contributed by atoms with Crippen molar-refractivity contribution in [2.75, 3.05) is 14.2 Å². The lowest BCUT2D eigenvalue weighted by molar-refractivity contribution is -0.384. The molecule has 0 N–H and O–H groups in total. The minimum absolute atomic E-state index is 0.0218. The molecule has 0 saturated heterocycles. The first-order valence-electron chi connectivity index (χ1n) is 11.2. The third kappa shape index (κ3) is 3.41. The van der Waals surface area contributed by atoms with E-state index in [1.807, 2.05) is 12.2 Å². The average Bonchev–Trinajstić information content (AvgIpc) is 2.91. The van der Waals surface area contributed by atoms with E-state index in [1.165, 1.54) is 38.5 Å². The summed E-state index contributed by atoms with van der Waals surface area (Å²) in [6.45, 7) is 0. The Bertz CT molecular complexity index is 1600. The number of methoxy groups -OCH3 is 2. The van der Waals surface area contributed by atoms with Crippen molar-refractivity contribution in [2.24, 2.45) is 0 Å². The zero-order chi connectivity index (χ0) is 25.9. The first-order chi connectivity index (χ1) is 17.8. The molecule has 0 aromatic heterocycles. The fraction of sp³-hybridized carbons (Fsp3) is 0.111. The van der Waals surface area contributed by atoms with E-state index in [-0.39, 0.29) is 11.4 Å². The molecule has 0 bridgehead atoms. The molecule has 4 aromatic carbocycles. The number of hydrogen-bond acceptors (Lipinski definition) is 8. The average molecular weight is 498 g/mol. The second-order valence-electron chi connectivity index (χ2n) is 8.56. The van der Waals surface area contributed by atoms with Crippen LogP contribution in [0.5, 0.6) is 23.0 Å². The van der Waals surface area contributed by atoms with Crippen molar-refractivity contribution < 1.29 is 28.8 Å². The van der Waals surface area contributed by atoms with Gasteiger partial charge in [-0.05, 0) is 58.0 Å². The molecule has 0 aliphatic carbocycles. The van der Waals surface area contributed by atoms with Crippen LogP contribution in [0.25, 0.3) is 33.7 Å². The van der Waals surface area contributed by atoms with Gasteiger partial charge in [0, 0.05) is 47.5 Å². The molecule has 0 radical (unpaired) electrons. The maximum Gasteiger partial charge on any atom is 0.292 e. The van der Waals surface area contributed by atoms with Crippen molar-refractivity contribution in [2.45, 2.75) is 5.79 Å². The number of ether oxygens (including phenoxy) is 4. The number of nitro benzene ring substituents is 2. The van der Waals surface area contributed by atoms with Gasteiger partial charge in [-0.15, -0.1) is 0 Å². The van der Waals surface area contributed by atoms with Crippen LogP contribution in [0.2, 0.25) is 0 Å². The molecule has 6 rings (SSSR count). The highest BCUT2D eigenvalue weighted by Crippen LogP contribution is 2.49. The van der Waals surface area contributed by atoms with Crippen molar-refractivity contribution in [3.05, 3.63) is 92.0 Å². The Hall–Kier alpha value is -5.12. The van der Waals surface area contributed by atoms with Crippen molar-refractivity contribution in [3.8, 4) is 23.0 Å². The standard InChI is InChI=1S/C27H18N2O8/c1-34-23-13-15-11-17(28(30)31)3-5-19(15)21-7-9-27(36-25(21)23)10-8-22-20-6-4-18(29(32)33)12-16(20)14-24(35-2)26(22)37-27/h3-14H,1-2H3. The molecule has 1 spiro atoms. The smallest absolute Gasteiger partial charge is 0.292 e. The van der Waals surface area contributed by atoms with Gasteiger partial charge in [-0.25, -0.2) is 0 Å². The van der Waals surface area contributed by atoms with Gasteiger partial charge in [0.1, 0.15) is 0 Å². The highest BCUT2D eigenvalue weighted by Gasteiger charge is 2.39. The number of fused-ring (bicyclic) bond motifs is 6. The Morgan fingerprint density at radius 2 is 1.14 bits per heavy atom.